The highest BCUT2D eigenvalue weighted by atomic mass is 35.5. The molecule has 2 atom stereocenters. The molecule has 3 heterocycles. The van der Waals surface area contributed by atoms with E-state index in [2.05, 4.69) is 10.4 Å². The van der Waals surface area contributed by atoms with Crippen molar-refractivity contribution in [3.8, 4) is 5.75 Å². The molecule has 0 saturated carbocycles. The molecule has 0 bridgehead atoms. The first-order valence-corrected chi connectivity index (χ1v) is 8.97. The summed E-state index contributed by atoms with van der Waals surface area (Å²) in [7, 11) is 0. The number of nitrogens with zero attached hydrogens (tertiary/aromatic N) is 3. The summed E-state index contributed by atoms with van der Waals surface area (Å²) in [5.74, 6) is 0.700. The minimum atomic E-state index is -0.0669. The van der Waals surface area contributed by atoms with Gasteiger partial charge in [0.15, 0.2) is 5.69 Å². The number of ether oxygens (including phenoxy) is 1. The van der Waals surface area contributed by atoms with Crippen molar-refractivity contribution in [2.24, 2.45) is 0 Å². The normalized spacial score (nSPS) is 22.2. The van der Waals surface area contributed by atoms with Gasteiger partial charge in [-0.25, -0.2) is 0 Å². The summed E-state index contributed by atoms with van der Waals surface area (Å²) in [6.45, 7) is 6.51. The van der Waals surface area contributed by atoms with Crippen LogP contribution in [0.2, 0.25) is 0 Å². The standard InChI is InChI=1S/C19H24N4O2.ClH/c1-13-5-6-17-18(10-13)25-14(2)12-22(17)19(24)16-7-9-23(21-16)15-4-3-8-20-11-15;/h5-7,9-10,14-15,20H,3-4,8,11-12H2,1-2H3;1H. The molecular formula is C19H25ClN4O2. The predicted molar refractivity (Wildman–Crippen MR) is 104 cm³/mol. The number of benzene rings is 1. The molecule has 1 N–H and O–H groups in total. The van der Waals surface area contributed by atoms with Gasteiger partial charge in [0.05, 0.1) is 18.3 Å². The van der Waals surface area contributed by atoms with Crippen LogP contribution in [0, 0.1) is 6.92 Å². The highest BCUT2D eigenvalue weighted by molar-refractivity contribution is 6.05. The zero-order valence-electron chi connectivity index (χ0n) is 15.1. The molecule has 0 spiro atoms. The van der Waals surface area contributed by atoms with Crippen molar-refractivity contribution >= 4 is 24.0 Å². The summed E-state index contributed by atoms with van der Waals surface area (Å²) in [4.78, 5) is 14.9. The number of halogens is 1. The Kier molecular flexibility index (Phi) is 5.53. The average Bonchev–Trinajstić information content (AvgIpc) is 3.11. The first-order valence-electron chi connectivity index (χ1n) is 8.97. The Balaban J connectivity index is 0.00000196. The lowest BCUT2D eigenvalue weighted by atomic mass is 10.1. The zero-order valence-corrected chi connectivity index (χ0v) is 16.0. The summed E-state index contributed by atoms with van der Waals surface area (Å²) >= 11 is 0. The highest BCUT2D eigenvalue weighted by Crippen LogP contribution is 2.35. The van der Waals surface area contributed by atoms with Crippen LogP contribution in [0.15, 0.2) is 30.5 Å². The van der Waals surface area contributed by atoms with Gasteiger partial charge >= 0.3 is 0 Å². The number of aromatic nitrogens is 2. The van der Waals surface area contributed by atoms with Crippen molar-refractivity contribution in [2.75, 3.05) is 24.5 Å². The molecule has 1 amide bonds. The van der Waals surface area contributed by atoms with E-state index in [1.54, 1.807) is 4.90 Å². The van der Waals surface area contributed by atoms with E-state index in [-0.39, 0.29) is 24.4 Å². The van der Waals surface area contributed by atoms with E-state index in [0.717, 1.165) is 42.9 Å². The van der Waals surface area contributed by atoms with E-state index < -0.39 is 0 Å². The van der Waals surface area contributed by atoms with E-state index in [4.69, 9.17) is 4.74 Å². The minimum Gasteiger partial charge on any atom is -0.487 e. The molecule has 4 rings (SSSR count). The predicted octanol–water partition coefficient (Wildman–Crippen LogP) is 2.97. The van der Waals surface area contributed by atoms with Gasteiger partial charge in [-0.05, 0) is 57.0 Å². The Morgan fingerprint density at radius 2 is 2.19 bits per heavy atom. The van der Waals surface area contributed by atoms with Crippen LogP contribution >= 0.6 is 12.4 Å². The first-order chi connectivity index (χ1) is 12.1. The van der Waals surface area contributed by atoms with Gasteiger partial charge in [0.1, 0.15) is 11.9 Å². The summed E-state index contributed by atoms with van der Waals surface area (Å²) in [5, 5.41) is 7.96. The number of carbonyl (C=O) groups excluding carboxylic acids is 1. The van der Waals surface area contributed by atoms with Gasteiger partial charge in [0, 0.05) is 12.7 Å². The second-order valence-corrected chi connectivity index (χ2v) is 7.00. The molecule has 7 heteroatoms. The first kappa shape index (κ1) is 18.7. The van der Waals surface area contributed by atoms with Crippen LogP contribution in [0.25, 0.3) is 0 Å². The molecule has 1 saturated heterocycles. The number of fused-ring (bicyclic) bond motifs is 1. The average molecular weight is 377 g/mol. The number of piperidine rings is 1. The molecule has 2 aliphatic rings. The van der Waals surface area contributed by atoms with Gasteiger partial charge in [-0.15, -0.1) is 12.4 Å². The molecule has 2 aromatic rings. The van der Waals surface area contributed by atoms with Crippen molar-refractivity contribution in [1.29, 1.82) is 0 Å². The number of anilines is 1. The van der Waals surface area contributed by atoms with E-state index in [0.29, 0.717) is 18.3 Å². The smallest absolute Gasteiger partial charge is 0.279 e. The molecule has 2 aliphatic heterocycles. The van der Waals surface area contributed by atoms with Crippen molar-refractivity contribution in [3.63, 3.8) is 0 Å². The maximum absolute atomic E-state index is 13.1. The maximum Gasteiger partial charge on any atom is 0.279 e. The molecule has 1 aromatic heterocycles. The van der Waals surface area contributed by atoms with Crippen LogP contribution < -0.4 is 15.0 Å². The molecule has 2 unspecified atom stereocenters. The number of nitrogens with one attached hydrogen (secondary N) is 1. The van der Waals surface area contributed by atoms with Gasteiger partial charge in [-0.2, -0.15) is 5.10 Å². The third-order valence-corrected chi connectivity index (χ3v) is 4.89. The van der Waals surface area contributed by atoms with E-state index >= 15 is 0 Å². The van der Waals surface area contributed by atoms with Gasteiger partial charge < -0.3 is 10.1 Å². The minimum absolute atomic E-state index is 0. The zero-order chi connectivity index (χ0) is 17.4. The third kappa shape index (κ3) is 3.57. The lowest BCUT2D eigenvalue weighted by Gasteiger charge is -2.33. The molecular weight excluding hydrogens is 352 g/mol. The lowest BCUT2D eigenvalue weighted by Crippen LogP contribution is -2.42. The van der Waals surface area contributed by atoms with Crippen LogP contribution in [0.4, 0.5) is 5.69 Å². The van der Waals surface area contributed by atoms with Crippen LogP contribution in [-0.2, 0) is 0 Å². The quantitative estimate of drug-likeness (QED) is 0.875. The molecule has 0 aliphatic carbocycles. The number of aryl methyl sites for hydroxylation is 1. The highest BCUT2D eigenvalue weighted by Gasteiger charge is 2.30. The van der Waals surface area contributed by atoms with Crippen molar-refractivity contribution < 1.29 is 9.53 Å². The number of rotatable bonds is 2. The fourth-order valence-electron chi connectivity index (χ4n) is 3.59. The molecule has 0 radical (unpaired) electrons. The molecule has 1 fully saturated rings. The van der Waals surface area contributed by atoms with Gasteiger partial charge in [0.2, 0.25) is 0 Å². The van der Waals surface area contributed by atoms with Crippen LogP contribution in [-0.4, -0.2) is 41.4 Å². The monoisotopic (exact) mass is 376 g/mol. The lowest BCUT2D eigenvalue weighted by molar-refractivity contribution is 0.0955. The summed E-state index contributed by atoms with van der Waals surface area (Å²) < 4.78 is 7.83. The maximum atomic E-state index is 13.1. The number of hydrogen-bond donors (Lipinski definition) is 1. The largest absolute Gasteiger partial charge is 0.487 e. The molecule has 6 nitrogen and oxygen atoms in total. The van der Waals surface area contributed by atoms with Crippen LogP contribution in [0.3, 0.4) is 0 Å². The molecule has 1 aromatic carbocycles. The molecule has 140 valence electrons. The second-order valence-electron chi connectivity index (χ2n) is 7.00. The third-order valence-electron chi connectivity index (χ3n) is 4.89. The van der Waals surface area contributed by atoms with Gasteiger partial charge in [0.25, 0.3) is 5.91 Å². The SMILES string of the molecule is Cc1ccc2c(c1)OC(C)CN2C(=O)c1ccn(C2CCCNC2)n1.Cl. The van der Waals surface area contributed by atoms with Gasteiger partial charge in [-0.3, -0.25) is 14.4 Å². The van der Waals surface area contributed by atoms with E-state index in [9.17, 15) is 4.79 Å². The number of hydrogen-bond acceptors (Lipinski definition) is 4. The van der Waals surface area contributed by atoms with Crippen molar-refractivity contribution in [3.05, 3.63) is 41.7 Å². The van der Waals surface area contributed by atoms with Crippen LogP contribution in [0.1, 0.15) is 41.9 Å². The Morgan fingerprint density at radius 1 is 1.35 bits per heavy atom. The van der Waals surface area contributed by atoms with Gasteiger partial charge in [-0.1, -0.05) is 6.07 Å². The Hall–Kier alpha value is -2.05. The fourth-order valence-corrected chi connectivity index (χ4v) is 3.59. The summed E-state index contributed by atoms with van der Waals surface area (Å²) in [6, 6.07) is 8.10. The van der Waals surface area contributed by atoms with Crippen molar-refractivity contribution in [1.82, 2.24) is 15.1 Å². The number of carbonyl (C=O) groups is 1. The van der Waals surface area contributed by atoms with E-state index in [1.165, 1.54) is 0 Å². The second kappa shape index (κ2) is 7.68. The Labute approximate surface area is 159 Å². The van der Waals surface area contributed by atoms with Crippen LogP contribution in [0.5, 0.6) is 5.75 Å². The fraction of sp³-hybridized carbons (Fsp3) is 0.474. The number of amides is 1. The summed E-state index contributed by atoms with van der Waals surface area (Å²) in [5.41, 5.74) is 2.43. The summed E-state index contributed by atoms with van der Waals surface area (Å²) in [6.07, 6.45) is 4.12. The topological polar surface area (TPSA) is 59.4 Å². The van der Waals surface area contributed by atoms with E-state index in [1.807, 2.05) is 49.0 Å². The van der Waals surface area contributed by atoms with Crippen molar-refractivity contribution in [2.45, 2.75) is 38.8 Å². The Bertz CT molecular complexity index is 786. The Morgan fingerprint density at radius 3 is 2.96 bits per heavy atom. The molecule has 26 heavy (non-hydrogen) atoms.